The fraction of sp³-hybridized carbons (Fsp3) is 0.474. The second-order valence-electron chi connectivity index (χ2n) is 6.87. The maximum atomic E-state index is 12.9. The number of hydrogen-bond acceptors (Lipinski definition) is 5. The van der Waals surface area contributed by atoms with Crippen molar-refractivity contribution in [3.63, 3.8) is 0 Å². The first-order valence-electron chi connectivity index (χ1n) is 9.38. The van der Waals surface area contributed by atoms with Gasteiger partial charge in [0.2, 0.25) is 10.0 Å². The van der Waals surface area contributed by atoms with Gasteiger partial charge in [0.1, 0.15) is 10.6 Å². The van der Waals surface area contributed by atoms with Crippen LogP contribution in [-0.4, -0.2) is 54.6 Å². The van der Waals surface area contributed by atoms with Crippen molar-refractivity contribution in [2.45, 2.75) is 44.6 Å². The van der Waals surface area contributed by atoms with Crippen molar-refractivity contribution < 1.29 is 17.9 Å². The first kappa shape index (κ1) is 20.3. The van der Waals surface area contributed by atoms with Gasteiger partial charge in [-0.25, -0.2) is 8.42 Å². The number of hydrogen-bond donors (Lipinski definition) is 2. The highest BCUT2D eigenvalue weighted by Crippen LogP contribution is 2.25. The molecule has 0 radical (unpaired) electrons. The molecule has 152 valence electrons. The molecule has 0 saturated carbocycles. The lowest BCUT2D eigenvalue weighted by atomic mass is 10.1. The van der Waals surface area contributed by atoms with E-state index in [2.05, 4.69) is 15.5 Å². The van der Waals surface area contributed by atoms with Gasteiger partial charge in [0.15, 0.2) is 0 Å². The van der Waals surface area contributed by atoms with Crippen molar-refractivity contribution in [2.75, 3.05) is 19.7 Å². The summed E-state index contributed by atoms with van der Waals surface area (Å²) in [6.07, 6.45) is 1.13. The number of amides is 1. The second-order valence-corrected chi connectivity index (χ2v) is 8.75. The number of carbonyl (C=O) groups is 1. The summed E-state index contributed by atoms with van der Waals surface area (Å²) < 4.78 is 32.6. The average Bonchev–Trinajstić information content (AvgIpc) is 3.02. The second kappa shape index (κ2) is 8.32. The van der Waals surface area contributed by atoms with Crippen LogP contribution in [0, 0.1) is 13.8 Å². The van der Waals surface area contributed by atoms with E-state index in [0.29, 0.717) is 49.5 Å². The van der Waals surface area contributed by atoms with Gasteiger partial charge in [0.05, 0.1) is 18.0 Å². The summed E-state index contributed by atoms with van der Waals surface area (Å²) >= 11 is 0. The van der Waals surface area contributed by atoms with Crippen molar-refractivity contribution in [1.82, 2.24) is 19.8 Å². The lowest BCUT2D eigenvalue weighted by molar-refractivity contribution is 0.0924. The highest BCUT2D eigenvalue weighted by atomic mass is 32.2. The van der Waals surface area contributed by atoms with E-state index in [1.54, 1.807) is 38.1 Å². The van der Waals surface area contributed by atoms with Gasteiger partial charge in [-0.2, -0.15) is 9.40 Å². The fourth-order valence-corrected chi connectivity index (χ4v) is 5.23. The molecule has 1 amide bonds. The van der Waals surface area contributed by atoms with Gasteiger partial charge in [-0.3, -0.25) is 9.89 Å². The molecule has 8 nitrogen and oxygen atoms in total. The first-order valence-corrected chi connectivity index (χ1v) is 10.8. The van der Waals surface area contributed by atoms with E-state index >= 15 is 0 Å². The molecule has 2 aromatic rings. The van der Waals surface area contributed by atoms with Crippen LogP contribution in [0.5, 0.6) is 5.75 Å². The van der Waals surface area contributed by atoms with E-state index in [4.69, 9.17) is 4.74 Å². The van der Waals surface area contributed by atoms with Crippen molar-refractivity contribution in [3.8, 4) is 5.75 Å². The molecular formula is C19H26N4O4S. The summed E-state index contributed by atoms with van der Waals surface area (Å²) in [5, 5.41) is 9.71. The third-order valence-electron chi connectivity index (χ3n) is 4.88. The molecule has 28 heavy (non-hydrogen) atoms. The van der Waals surface area contributed by atoms with E-state index in [-0.39, 0.29) is 16.8 Å². The van der Waals surface area contributed by atoms with Crippen LogP contribution < -0.4 is 10.1 Å². The Hall–Kier alpha value is -2.39. The summed E-state index contributed by atoms with van der Waals surface area (Å²) in [7, 11) is -3.58. The normalized spacial score (nSPS) is 16.1. The average molecular weight is 407 g/mol. The predicted octanol–water partition coefficient (Wildman–Crippen LogP) is 2.01. The van der Waals surface area contributed by atoms with Crippen LogP contribution in [0.2, 0.25) is 0 Å². The number of piperidine rings is 1. The maximum Gasteiger partial charge on any atom is 0.251 e. The van der Waals surface area contributed by atoms with Crippen LogP contribution in [0.25, 0.3) is 0 Å². The Morgan fingerprint density at radius 1 is 1.25 bits per heavy atom. The Kier molecular flexibility index (Phi) is 6.04. The van der Waals surface area contributed by atoms with Crippen LogP contribution in [0.3, 0.4) is 0 Å². The molecule has 0 unspecified atom stereocenters. The highest BCUT2D eigenvalue weighted by molar-refractivity contribution is 7.89. The number of ether oxygens (including phenoxy) is 1. The minimum atomic E-state index is -3.58. The van der Waals surface area contributed by atoms with Gasteiger partial charge in [-0.1, -0.05) is 0 Å². The third kappa shape index (κ3) is 4.20. The number of H-pyrrole nitrogens is 1. The van der Waals surface area contributed by atoms with Crippen molar-refractivity contribution in [2.24, 2.45) is 0 Å². The van der Waals surface area contributed by atoms with Gasteiger partial charge in [-0.15, -0.1) is 0 Å². The summed E-state index contributed by atoms with van der Waals surface area (Å²) in [4.78, 5) is 12.7. The monoisotopic (exact) mass is 406 g/mol. The molecule has 1 aromatic carbocycles. The summed E-state index contributed by atoms with van der Waals surface area (Å²) in [5.74, 6) is 0.563. The van der Waals surface area contributed by atoms with Gasteiger partial charge in [0.25, 0.3) is 5.91 Å². The lowest BCUT2D eigenvalue weighted by Gasteiger charge is -2.31. The molecule has 9 heteroatoms. The SMILES string of the molecule is CCOc1ccc(C(=O)NC2CCN(S(=O)(=O)c3c(C)n[nH]c3C)CC2)cc1. The standard InChI is InChI=1S/C19H26N4O4S/c1-4-27-17-7-5-15(6-8-17)19(24)20-16-9-11-23(12-10-16)28(25,26)18-13(2)21-22-14(18)3/h5-8,16H,4,9-12H2,1-3H3,(H,20,24)(H,21,22). The molecule has 1 aliphatic heterocycles. The Morgan fingerprint density at radius 3 is 2.43 bits per heavy atom. The number of rotatable bonds is 6. The Balaban J connectivity index is 1.59. The van der Waals surface area contributed by atoms with E-state index < -0.39 is 10.0 Å². The predicted molar refractivity (Wildman–Crippen MR) is 105 cm³/mol. The topological polar surface area (TPSA) is 104 Å². The van der Waals surface area contributed by atoms with Crippen molar-refractivity contribution in [3.05, 3.63) is 41.2 Å². The molecule has 1 aromatic heterocycles. The van der Waals surface area contributed by atoms with Crippen molar-refractivity contribution in [1.29, 1.82) is 0 Å². The quantitative estimate of drug-likeness (QED) is 0.764. The number of carbonyl (C=O) groups excluding carboxylic acids is 1. The van der Waals surface area contributed by atoms with Crippen LogP contribution in [-0.2, 0) is 10.0 Å². The molecule has 2 heterocycles. The zero-order chi connectivity index (χ0) is 20.3. The van der Waals surface area contributed by atoms with E-state index in [0.717, 1.165) is 5.75 Å². The molecule has 1 saturated heterocycles. The lowest BCUT2D eigenvalue weighted by Crippen LogP contribution is -2.46. The van der Waals surface area contributed by atoms with Crippen LogP contribution in [0.15, 0.2) is 29.2 Å². The van der Waals surface area contributed by atoms with E-state index in [1.807, 2.05) is 6.92 Å². The van der Waals surface area contributed by atoms with Crippen molar-refractivity contribution >= 4 is 15.9 Å². The van der Waals surface area contributed by atoms with Gasteiger partial charge < -0.3 is 10.1 Å². The largest absolute Gasteiger partial charge is 0.494 e. The molecular weight excluding hydrogens is 380 g/mol. The number of nitrogens with zero attached hydrogens (tertiary/aromatic N) is 2. The number of aryl methyl sites for hydroxylation is 2. The summed E-state index contributed by atoms with van der Waals surface area (Å²) in [6, 6.07) is 6.93. The Bertz CT molecular complexity index is 910. The molecule has 0 atom stereocenters. The van der Waals surface area contributed by atoms with Gasteiger partial charge >= 0.3 is 0 Å². The van der Waals surface area contributed by atoms with Gasteiger partial charge in [-0.05, 0) is 57.9 Å². The summed E-state index contributed by atoms with van der Waals surface area (Å²) in [6.45, 7) is 6.59. The zero-order valence-electron chi connectivity index (χ0n) is 16.4. The molecule has 2 N–H and O–H groups in total. The molecule has 0 aliphatic carbocycles. The minimum Gasteiger partial charge on any atom is -0.494 e. The maximum absolute atomic E-state index is 12.9. The van der Waals surface area contributed by atoms with Gasteiger partial charge in [0, 0.05) is 24.7 Å². The van der Waals surface area contributed by atoms with Crippen LogP contribution in [0.4, 0.5) is 0 Å². The molecule has 1 fully saturated rings. The number of aromatic nitrogens is 2. The molecule has 0 spiro atoms. The van der Waals surface area contributed by atoms with E-state index in [9.17, 15) is 13.2 Å². The molecule has 0 bridgehead atoms. The molecule has 3 rings (SSSR count). The first-order chi connectivity index (χ1) is 13.3. The highest BCUT2D eigenvalue weighted by Gasteiger charge is 2.33. The van der Waals surface area contributed by atoms with Crippen LogP contribution in [0.1, 0.15) is 41.5 Å². The Morgan fingerprint density at radius 2 is 1.89 bits per heavy atom. The minimum absolute atomic E-state index is 0.0583. The number of sulfonamides is 1. The Labute approximate surface area is 165 Å². The number of aromatic amines is 1. The number of nitrogens with one attached hydrogen (secondary N) is 2. The van der Waals surface area contributed by atoms with Crippen LogP contribution >= 0.6 is 0 Å². The number of benzene rings is 1. The summed E-state index contributed by atoms with van der Waals surface area (Å²) in [5.41, 5.74) is 1.58. The smallest absolute Gasteiger partial charge is 0.251 e. The molecule has 1 aliphatic rings. The fourth-order valence-electron chi connectivity index (χ4n) is 3.43. The van der Waals surface area contributed by atoms with E-state index in [1.165, 1.54) is 4.31 Å². The zero-order valence-corrected chi connectivity index (χ0v) is 17.2. The third-order valence-corrected chi connectivity index (χ3v) is 7.04.